The van der Waals surface area contributed by atoms with Crippen LogP contribution in [0.3, 0.4) is 0 Å². The minimum Gasteiger partial charge on any atom is -0.361 e. The lowest BCUT2D eigenvalue weighted by Gasteiger charge is -2.20. The van der Waals surface area contributed by atoms with Gasteiger partial charge in [0.1, 0.15) is 5.82 Å². The highest BCUT2D eigenvalue weighted by molar-refractivity contribution is 5.88. The van der Waals surface area contributed by atoms with Gasteiger partial charge in [-0.15, -0.1) is 0 Å². The van der Waals surface area contributed by atoms with Gasteiger partial charge in [0.15, 0.2) is 0 Å². The normalized spacial score (nSPS) is 13.2. The van der Waals surface area contributed by atoms with Crippen LogP contribution < -0.4 is 5.73 Å². The van der Waals surface area contributed by atoms with Gasteiger partial charge < -0.3 is 15.7 Å². The number of hydrogen-bond acceptors (Lipinski definition) is 2. The molecule has 0 bridgehead atoms. The van der Waals surface area contributed by atoms with Crippen LogP contribution in [-0.2, 0) is 0 Å². The summed E-state index contributed by atoms with van der Waals surface area (Å²) in [5.41, 5.74) is 13.5. The van der Waals surface area contributed by atoms with E-state index < -0.39 is 0 Å². The standard InChI is InChI=1S/C20H22N4/c1-11(2)14-10-12(3)19-13(8-9-22-19)17(14)18(21)20-23-15-6-4-5-7-16(15)24-20/h4-11,18,22H,21H2,1-3H3,(H,23,24). The summed E-state index contributed by atoms with van der Waals surface area (Å²) >= 11 is 0. The summed E-state index contributed by atoms with van der Waals surface area (Å²) in [6.07, 6.45) is 1.98. The number of nitrogens with one attached hydrogen (secondary N) is 2. The number of imidazole rings is 1. The summed E-state index contributed by atoms with van der Waals surface area (Å²) in [5, 5.41) is 1.19. The Hall–Kier alpha value is -2.59. The van der Waals surface area contributed by atoms with Gasteiger partial charge in [0.2, 0.25) is 0 Å². The van der Waals surface area contributed by atoms with E-state index in [0.29, 0.717) is 5.92 Å². The topological polar surface area (TPSA) is 70.5 Å². The van der Waals surface area contributed by atoms with Crippen LogP contribution in [0.4, 0.5) is 0 Å². The molecule has 24 heavy (non-hydrogen) atoms. The van der Waals surface area contributed by atoms with Crippen LogP contribution in [0.5, 0.6) is 0 Å². The molecule has 2 aromatic carbocycles. The first-order valence-corrected chi connectivity index (χ1v) is 8.37. The smallest absolute Gasteiger partial charge is 0.128 e. The molecular weight excluding hydrogens is 296 g/mol. The molecule has 0 fully saturated rings. The number of aryl methyl sites for hydroxylation is 1. The number of nitrogens with zero attached hydrogens (tertiary/aromatic N) is 1. The minimum atomic E-state index is -0.284. The molecule has 0 aliphatic rings. The van der Waals surface area contributed by atoms with Gasteiger partial charge in [-0.2, -0.15) is 0 Å². The highest BCUT2D eigenvalue weighted by Gasteiger charge is 2.22. The lowest BCUT2D eigenvalue weighted by Crippen LogP contribution is -2.17. The van der Waals surface area contributed by atoms with E-state index >= 15 is 0 Å². The minimum absolute atomic E-state index is 0.284. The van der Waals surface area contributed by atoms with E-state index in [1.54, 1.807) is 0 Å². The maximum Gasteiger partial charge on any atom is 0.128 e. The summed E-state index contributed by atoms with van der Waals surface area (Å²) in [6.45, 7) is 6.56. The third-order valence-electron chi connectivity index (χ3n) is 4.75. The quantitative estimate of drug-likeness (QED) is 0.519. The fraction of sp³-hybridized carbons (Fsp3) is 0.250. The van der Waals surface area contributed by atoms with Gasteiger partial charge >= 0.3 is 0 Å². The Balaban J connectivity index is 1.95. The molecule has 0 radical (unpaired) electrons. The molecular formula is C20H22N4. The molecule has 0 saturated heterocycles. The monoisotopic (exact) mass is 318 g/mol. The number of benzene rings is 2. The van der Waals surface area contributed by atoms with Gasteiger partial charge in [-0.25, -0.2) is 4.98 Å². The zero-order valence-corrected chi connectivity index (χ0v) is 14.2. The summed E-state index contributed by atoms with van der Waals surface area (Å²) < 4.78 is 0. The molecule has 4 nitrogen and oxygen atoms in total. The van der Waals surface area contributed by atoms with Crippen LogP contribution in [0.15, 0.2) is 42.6 Å². The van der Waals surface area contributed by atoms with Crippen molar-refractivity contribution in [3.05, 3.63) is 65.1 Å². The van der Waals surface area contributed by atoms with E-state index in [-0.39, 0.29) is 6.04 Å². The van der Waals surface area contributed by atoms with Gasteiger partial charge in [0, 0.05) is 17.1 Å². The number of H-pyrrole nitrogens is 2. The van der Waals surface area contributed by atoms with Crippen LogP contribution in [0.25, 0.3) is 21.9 Å². The summed E-state index contributed by atoms with van der Waals surface area (Å²) in [4.78, 5) is 11.4. The SMILES string of the molecule is Cc1cc(C(C)C)c(C(N)c2nc3ccccc3[nH]2)c2cc[nH]c12. The number of fused-ring (bicyclic) bond motifs is 2. The molecule has 1 atom stereocenters. The van der Waals surface area contributed by atoms with Crippen LogP contribution in [0.2, 0.25) is 0 Å². The second-order valence-electron chi connectivity index (χ2n) is 6.73. The third-order valence-corrected chi connectivity index (χ3v) is 4.75. The van der Waals surface area contributed by atoms with E-state index in [2.05, 4.69) is 42.9 Å². The predicted octanol–water partition coefficient (Wildman–Crippen LogP) is 4.52. The zero-order chi connectivity index (χ0) is 16.8. The molecule has 1 unspecified atom stereocenters. The molecule has 0 amide bonds. The van der Waals surface area contributed by atoms with Crippen molar-refractivity contribution >= 4 is 21.9 Å². The Labute approximate surface area is 141 Å². The summed E-state index contributed by atoms with van der Waals surface area (Å²) in [5.74, 6) is 1.21. The summed E-state index contributed by atoms with van der Waals surface area (Å²) in [6, 6.07) is 12.1. The number of hydrogen-bond donors (Lipinski definition) is 3. The predicted molar refractivity (Wildman–Crippen MR) is 99.2 cm³/mol. The van der Waals surface area contributed by atoms with E-state index in [1.807, 2.05) is 30.5 Å². The molecule has 2 heterocycles. The second-order valence-corrected chi connectivity index (χ2v) is 6.73. The lowest BCUT2D eigenvalue weighted by molar-refractivity contribution is 0.768. The fourth-order valence-corrected chi connectivity index (χ4v) is 3.54. The molecule has 0 spiro atoms. The lowest BCUT2D eigenvalue weighted by atomic mass is 9.88. The van der Waals surface area contributed by atoms with Crippen molar-refractivity contribution in [3.63, 3.8) is 0 Å². The molecule has 2 aromatic heterocycles. The first-order chi connectivity index (χ1) is 11.6. The van der Waals surface area contributed by atoms with Crippen molar-refractivity contribution in [2.24, 2.45) is 5.73 Å². The first-order valence-electron chi connectivity index (χ1n) is 8.37. The molecule has 0 aliphatic carbocycles. The van der Waals surface area contributed by atoms with Gasteiger partial charge in [-0.1, -0.05) is 32.0 Å². The number of aromatic amines is 2. The average Bonchev–Trinajstić information content (AvgIpc) is 3.20. The van der Waals surface area contributed by atoms with Gasteiger partial charge in [-0.3, -0.25) is 0 Å². The van der Waals surface area contributed by atoms with Crippen LogP contribution in [0, 0.1) is 6.92 Å². The average molecular weight is 318 g/mol. The van der Waals surface area contributed by atoms with Crippen molar-refractivity contribution in [1.29, 1.82) is 0 Å². The Morgan fingerprint density at radius 1 is 1.12 bits per heavy atom. The zero-order valence-electron chi connectivity index (χ0n) is 14.2. The number of rotatable bonds is 3. The van der Waals surface area contributed by atoms with Gasteiger partial charge in [0.05, 0.1) is 17.1 Å². The van der Waals surface area contributed by atoms with Crippen molar-refractivity contribution in [3.8, 4) is 0 Å². The maximum absolute atomic E-state index is 6.69. The third kappa shape index (κ3) is 2.22. The second kappa shape index (κ2) is 5.49. The molecule has 4 rings (SSSR count). The molecule has 0 aliphatic heterocycles. The highest BCUT2D eigenvalue weighted by atomic mass is 15.0. The molecule has 4 heteroatoms. The van der Waals surface area contributed by atoms with Crippen LogP contribution in [0.1, 0.15) is 48.3 Å². The van der Waals surface area contributed by atoms with E-state index in [1.165, 1.54) is 16.5 Å². The Bertz CT molecular complexity index is 990. The molecule has 122 valence electrons. The first kappa shape index (κ1) is 15.0. The Kier molecular flexibility index (Phi) is 3.43. The van der Waals surface area contributed by atoms with Crippen molar-refractivity contribution in [2.45, 2.75) is 32.7 Å². The molecule has 4 N–H and O–H groups in total. The van der Waals surface area contributed by atoms with Crippen molar-refractivity contribution in [1.82, 2.24) is 15.0 Å². The Morgan fingerprint density at radius 2 is 1.92 bits per heavy atom. The van der Waals surface area contributed by atoms with Crippen molar-refractivity contribution in [2.75, 3.05) is 0 Å². The van der Waals surface area contributed by atoms with Crippen LogP contribution >= 0.6 is 0 Å². The summed E-state index contributed by atoms with van der Waals surface area (Å²) in [7, 11) is 0. The number of para-hydroxylation sites is 2. The maximum atomic E-state index is 6.69. The van der Waals surface area contributed by atoms with Crippen LogP contribution in [-0.4, -0.2) is 15.0 Å². The molecule has 0 saturated carbocycles. The van der Waals surface area contributed by atoms with E-state index in [0.717, 1.165) is 27.9 Å². The highest BCUT2D eigenvalue weighted by Crippen LogP contribution is 2.35. The van der Waals surface area contributed by atoms with Crippen molar-refractivity contribution < 1.29 is 0 Å². The van der Waals surface area contributed by atoms with Gasteiger partial charge in [0.25, 0.3) is 0 Å². The van der Waals surface area contributed by atoms with E-state index in [9.17, 15) is 0 Å². The number of nitrogens with two attached hydrogens (primary N) is 1. The largest absolute Gasteiger partial charge is 0.361 e. The van der Waals surface area contributed by atoms with E-state index in [4.69, 9.17) is 10.7 Å². The molecule has 4 aromatic rings. The fourth-order valence-electron chi connectivity index (χ4n) is 3.54. The van der Waals surface area contributed by atoms with Gasteiger partial charge in [-0.05, 0) is 47.7 Å². The Morgan fingerprint density at radius 3 is 2.67 bits per heavy atom. The number of aromatic nitrogens is 3.